The van der Waals surface area contributed by atoms with Crippen LogP contribution in [0, 0.1) is 0 Å². The molecule has 0 saturated heterocycles. The third kappa shape index (κ3) is 1.96. The summed E-state index contributed by atoms with van der Waals surface area (Å²) in [6.45, 7) is 0.607. The molecule has 1 aromatic carbocycles. The van der Waals surface area contributed by atoms with Crippen molar-refractivity contribution >= 4 is 15.9 Å². The van der Waals surface area contributed by atoms with Crippen LogP contribution in [0.1, 0.15) is 5.56 Å². The van der Waals surface area contributed by atoms with E-state index >= 15 is 0 Å². The zero-order valence-electron chi connectivity index (χ0n) is 7.40. The first-order valence-electron chi connectivity index (χ1n) is 4.24. The number of nitrogens with one attached hydrogen (secondary N) is 1. The van der Waals surface area contributed by atoms with E-state index in [0.717, 1.165) is 10.0 Å². The summed E-state index contributed by atoms with van der Waals surface area (Å²) in [5, 5.41) is 0. The molecule has 0 aliphatic heterocycles. The van der Waals surface area contributed by atoms with E-state index in [4.69, 9.17) is 0 Å². The lowest BCUT2D eigenvalue weighted by Gasteiger charge is -2.01. The minimum atomic E-state index is -0.0760. The van der Waals surface area contributed by atoms with Gasteiger partial charge in [-0.05, 0) is 17.7 Å². The van der Waals surface area contributed by atoms with Crippen molar-refractivity contribution in [1.29, 1.82) is 0 Å². The summed E-state index contributed by atoms with van der Waals surface area (Å²) in [6, 6.07) is 7.91. The van der Waals surface area contributed by atoms with Gasteiger partial charge in [0.2, 0.25) is 0 Å². The highest BCUT2D eigenvalue weighted by Gasteiger charge is 1.97. The number of halogens is 1. The van der Waals surface area contributed by atoms with Crippen LogP contribution in [0.25, 0.3) is 0 Å². The van der Waals surface area contributed by atoms with Crippen molar-refractivity contribution in [1.82, 2.24) is 9.55 Å². The summed E-state index contributed by atoms with van der Waals surface area (Å²) in [7, 11) is 0. The number of aromatic amines is 1. The van der Waals surface area contributed by atoms with Crippen LogP contribution in [0.15, 0.2) is 45.9 Å². The molecule has 4 heteroatoms. The Balaban J connectivity index is 2.23. The van der Waals surface area contributed by atoms with Gasteiger partial charge in [0.05, 0.1) is 6.54 Å². The summed E-state index contributed by atoms with van der Waals surface area (Å²) in [4.78, 5) is 13.8. The summed E-state index contributed by atoms with van der Waals surface area (Å²) in [5.41, 5.74) is 1.03. The van der Waals surface area contributed by atoms with Crippen LogP contribution < -0.4 is 5.69 Å². The van der Waals surface area contributed by atoms with E-state index in [1.807, 2.05) is 24.3 Å². The molecule has 0 unspecified atom stereocenters. The predicted octanol–water partition coefficient (Wildman–Crippen LogP) is 1.99. The molecule has 0 spiro atoms. The predicted molar refractivity (Wildman–Crippen MR) is 58.3 cm³/mol. The molecular formula is C10H9BrN2O. The minimum absolute atomic E-state index is 0.0760. The largest absolute Gasteiger partial charge is 0.325 e. The highest BCUT2D eigenvalue weighted by molar-refractivity contribution is 9.10. The Morgan fingerprint density at radius 2 is 2.00 bits per heavy atom. The second kappa shape index (κ2) is 3.84. The fourth-order valence-electron chi connectivity index (χ4n) is 1.26. The maximum absolute atomic E-state index is 11.2. The van der Waals surface area contributed by atoms with Crippen molar-refractivity contribution in [3.63, 3.8) is 0 Å². The molecule has 3 nitrogen and oxygen atoms in total. The smallest absolute Gasteiger partial charge is 0.313 e. The Morgan fingerprint density at radius 1 is 1.29 bits per heavy atom. The van der Waals surface area contributed by atoms with Crippen LogP contribution in [0.3, 0.4) is 0 Å². The first kappa shape index (κ1) is 9.27. The molecule has 0 aliphatic carbocycles. The maximum Gasteiger partial charge on any atom is 0.325 e. The molecule has 1 N–H and O–H groups in total. The molecule has 14 heavy (non-hydrogen) atoms. The normalized spacial score (nSPS) is 10.4. The van der Waals surface area contributed by atoms with E-state index in [1.54, 1.807) is 17.0 Å². The van der Waals surface area contributed by atoms with Gasteiger partial charge < -0.3 is 4.98 Å². The molecule has 0 atom stereocenters. The lowest BCUT2D eigenvalue weighted by atomic mass is 10.2. The Labute approximate surface area is 89.5 Å². The minimum Gasteiger partial charge on any atom is -0.313 e. The maximum atomic E-state index is 11.2. The zero-order chi connectivity index (χ0) is 9.97. The van der Waals surface area contributed by atoms with Gasteiger partial charge in [0.1, 0.15) is 0 Å². The van der Waals surface area contributed by atoms with Gasteiger partial charge in [-0.15, -0.1) is 0 Å². The van der Waals surface area contributed by atoms with E-state index in [1.165, 1.54) is 0 Å². The second-order valence-electron chi connectivity index (χ2n) is 3.02. The molecule has 0 saturated carbocycles. The van der Waals surface area contributed by atoms with Gasteiger partial charge in [-0.1, -0.05) is 28.1 Å². The van der Waals surface area contributed by atoms with Gasteiger partial charge in [0.15, 0.2) is 0 Å². The van der Waals surface area contributed by atoms with Gasteiger partial charge in [0.25, 0.3) is 0 Å². The van der Waals surface area contributed by atoms with Crippen LogP contribution in [0.4, 0.5) is 0 Å². The number of imidazole rings is 1. The number of nitrogens with zero attached hydrogens (tertiary/aromatic N) is 1. The number of hydrogen-bond acceptors (Lipinski definition) is 1. The van der Waals surface area contributed by atoms with Crippen LogP contribution >= 0.6 is 15.9 Å². The summed E-state index contributed by atoms with van der Waals surface area (Å²) in [6.07, 6.45) is 3.38. The Bertz CT molecular complexity index is 469. The summed E-state index contributed by atoms with van der Waals surface area (Å²) >= 11 is 3.36. The molecular weight excluding hydrogens is 244 g/mol. The first-order valence-corrected chi connectivity index (χ1v) is 5.03. The van der Waals surface area contributed by atoms with Crippen molar-refractivity contribution in [2.24, 2.45) is 0 Å². The number of rotatable bonds is 2. The molecule has 1 heterocycles. The van der Waals surface area contributed by atoms with E-state index in [0.29, 0.717) is 6.54 Å². The highest BCUT2D eigenvalue weighted by atomic mass is 79.9. The average Bonchev–Trinajstić information content (AvgIpc) is 2.56. The third-order valence-electron chi connectivity index (χ3n) is 1.99. The van der Waals surface area contributed by atoms with Gasteiger partial charge in [0, 0.05) is 16.9 Å². The third-order valence-corrected chi connectivity index (χ3v) is 2.52. The Morgan fingerprint density at radius 3 is 2.57 bits per heavy atom. The Hall–Kier alpha value is -1.29. The fraction of sp³-hybridized carbons (Fsp3) is 0.100. The Kier molecular flexibility index (Phi) is 2.54. The molecule has 72 valence electrons. The van der Waals surface area contributed by atoms with Crippen LogP contribution in [-0.2, 0) is 6.54 Å². The lowest BCUT2D eigenvalue weighted by molar-refractivity contribution is 0.762. The molecule has 0 fully saturated rings. The molecule has 2 rings (SSSR count). The lowest BCUT2D eigenvalue weighted by Crippen LogP contribution is -2.16. The summed E-state index contributed by atoms with van der Waals surface area (Å²) < 4.78 is 2.67. The van der Waals surface area contributed by atoms with Gasteiger partial charge in [-0.2, -0.15) is 0 Å². The van der Waals surface area contributed by atoms with Gasteiger partial charge in [-0.3, -0.25) is 4.57 Å². The van der Waals surface area contributed by atoms with Crippen LogP contribution in [0.5, 0.6) is 0 Å². The van der Waals surface area contributed by atoms with Gasteiger partial charge in [-0.25, -0.2) is 4.79 Å². The van der Waals surface area contributed by atoms with Crippen molar-refractivity contribution < 1.29 is 0 Å². The second-order valence-corrected chi connectivity index (χ2v) is 3.94. The van der Waals surface area contributed by atoms with Crippen molar-refractivity contribution in [2.75, 3.05) is 0 Å². The topological polar surface area (TPSA) is 37.8 Å². The van der Waals surface area contributed by atoms with Crippen molar-refractivity contribution in [3.05, 3.63) is 57.2 Å². The standard InChI is InChI=1S/C10H9BrN2O/c11-9-3-1-8(2-4-9)7-13-6-5-12-10(13)14/h1-6H,7H2,(H,12,14). The van der Waals surface area contributed by atoms with Crippen molar-refractivity contribution in [3.8, 4) is 0 Å². The summed E-state index contributed by atoms with van der Waals surface area (Å²) in [5.74, 6) is 0. The number of hydrogen-bond donors (Lipinski definition) is 1. The number of benzene rings is 1. The molecule has 0 radical (unpaired) electrons. The molecule has 1 aromatic heterocycles. The van der Waals surface area contributed by atoms with Crippen molar-refractivity contribution in [2.45, 2.75) is 6.54 Å². The average molecular weight is 253 g/mol. The van der Waals surface area contributed by atoms with Gasteiger partial charge >= 0.3 is 5.69 Å². The van der Waals surface area contributed by atoms with E-state index in [-0.39, 0.29) is 5.69 Å². The number of H-pyrrole nitrogens is 1. The molecule has 0 amide bonds. The van der Waals surface area contributed by atoms with Crippen LogP contribution in [0.2, 0.25) is 0 Å². The highest BCUT2D eigenvalue weighted by Crippen LogP contribution is 2.10. The van der Waals surface area contributed by atoms with Crippen LogP contribution in [-0.4, -0.2) is 9.55 Å². The van der Waals surface area contributed by atoms with E-state index < -0.39 is 0 Å². The molecule has 0 bridgehead atoms. The number of aromatic nitrogens is 2. The van der Waals surface area contributed by atoms with E-state index in [2.05, 4.69) is 20.9 Å². The zero-order valence-corrected chi connectivity index (χ0v) is 8.99. The first-order chi connectivity index (χ1) is 6.75. The molecule has 2 aromatic rings. The molecule has 0 aliphatic rings. The van der Waals surface area contributed by atoms with E-state index in [9.17, 15) is 4.79 Å². The monoisotopic (exact) mass is 252 g/mol. The fourth-order valence-corrected chi connectivity index (χ4v) is 1.52. The SMILES string of the molecule is O=c1[nH]ccn1Cc1ccc(Br)cc1. The quantitative estimate of drug-likeness (QED) is 0.873.